The lowest BCUT2D eigenvalue weighted by Gasteiger charge is -2.02. The van der Waals surface area contributed by atoms with Crippen LogP contribution < -0.4 is 5.32 Å². The van der Waals surface area contributed by atoms with Gasteiger partial charge in [-0.15, -0.1) is 11.3 Å². The third-order valence-corrected chi connectivity index (χ3v) is 4.16. The summed E-state index contributed by atoms with van der Waals surface area (Å²) < 4.78 is 1.12. The average Bonchev–Trinajstić information content (AvgIpc) is 2.97. The van der Waals surface area contributed by atoms with Crippen LogP contribution in [0.15, 0.2) is 60.7 Å². The van der Waals surface area contributed by atoms with Gasteiger partial charge >= 0.3 is 5.97 Å². The van der Waals surface area contributed by atoms with E-state index in [9.17, 15) is 9.59 Å². The van der Waals surface area contributed by atoms with Crippen molar-refractivity contribution in [3.8, 4) is 10.6 Å². The van der Waals surface area contributed by atoms with E-state index in [0.29, 0.717) is 5.69 Å². The molecule has 0 spiro atoms. The fourth-order valence-corrected chi connectivity index (χ4v) is 2.99. The Kier molecular flexibility index (Phi) is 4.16. The van der Waals surface area contributed by atoms with Crippen LogP contribution in [0.2, 0.25) is 0 Å². The Hall–Kier alpha value is -2.99. The van der Waals surface area contributed by atoms with Crippen LogP contribution >= 0.6 is 11.3 Å². The summed E-state index contributed by atoms with van der Waals surface area (Å²) >= 11 is 1.61. The van der Waals surface area contributed by atoms with E-state index in [1.54, 1.807) is 23.5 Å². The summed E-state index contributed by atoms with van der Waals surface area (Å²) in [7, 11) is 0. The normalized spacial score (nSPS) is 11.0. The van der Waals surface area contributed by atoms with Crippen molar-refractivity contribution in [2.24, 2.45) is 0 Å². The van der Waals surface area contributed by atoms with Crippen molar-refractivity contribution in [2.75, 3.05) is 5.32 Å². The molecular formula is C17H12N2O3S. The molecule has 0 saturated heterocycles. The van der Waals surface area contributed by atoms with E-state index in [1.165, 1.54) is 0 Å². The predicted octanol–water partition coefficient (Wildman–Crippen LogP) is 3.54. The number of para-hydroxylation sites is 1. The lowest BCUT2D eigenvalue weighted by Crippen LogP contribution is -2.08. The van der Waals surface area contributed by atoms with Gasteiger partial charge in [-0.3, -0.25) is 4.79 Å². The molecular weight excluding hydrogens is 312 g/mol. The molecule has 0 radical (unpaired) electrons. The van der Waals surface area contributed by atoms with Crippen molar-refractivity contribution in [1.82, 2.24) is 4.98 Å². The van der Waals surface area contributed by atoms with Crippen molar-refractivity contribution in [3.05, 3.63) is 60.7 Å². The zero-order valence-electron chi connectivity index (χ0n) is 11.9. The molecule has 0 aliphatic heterocycles. The average molecular weight is 324 g/mol. The highest BCUT2D eigenvalue weighted by atomic mass is 32.1. The Balaban J connectivity index is 1.76. The quantitative estimate of drug-likeness (QED) is 0.719. The molecule has 3 rings (SSSR count). The number of carboxylic acid groups (broad SMARTS) is 1. The smallest absolute Gasteiger partial charge is 0.328 e. The van der Waals surface area contributed by atoms with Gasteiger partial charge in [0.15, 0.2) is 0 Å². The number of anilines is 1. The van der Waals surface area contributed by atoms with Gasteiger partial charge in [-0.2, -0.15) is 0 Å². The Morgan fingerprint density at radius 3 is 2.48 bits per heavy atom. The zero-order chi connectivity index (χ0) is 16.2. The van der Waals surface area contributed by atoms with Gasteiger partial charge in [-0.1, -0.05) is 12.1 Å². The molecule has 1 amide bonds. The molecule has 2 aromatic carbocycles. The summed E-state index contributed by atoms with van der Waals surface area (Å²) in [5.41, 5.74) is 2.52. The van der Waals surface area contributed by atoms with E-state index in [4.69, 9.17) is 5.11 Å². The summed E-state index contributed by atoms with van der Waals surface area (Å²) in [6.45, 7) is 0. The Labute approximate surface area is 135 Å². The fourth-order valence-electron chi connectivity index (χ4n) is 2.02. The summed E-state index contributed by atoms with van der Waals surface area (Å²) in [6, 6.07) is 15.2. The van der Waals surface area contributed by atoms with E-state index in [0.717, 1.165) is 32.9 Å². The SMILES string of the molecule is O=C(O)/C=C/C(=O)Nc1ccc(-c2nc3ccccc3s2)cc1. The van der Waals surface area contributed by atoms with Gasteiger partial charge in [0.25, 0.3) is 0 Å². The largest absolute Gasteiger partial charge is 0.478 e. The molecule has 23 heavy (non-hydrogen) atoms. The molecule has 3 aromatic rings. The van der Waals surface area contributed by atoms with Gasteiger partial charge in [0, 0.05) is 23.4 Å². The summed E-state index contributed by atoms with van der Waals surface area (Å²) in [4.78, 5) is 26.5. The highest BCUT2D eigenvalue weighted by molar-refractivity contribution is 7.21. The highest BCUT2D eigenvalue weighted by Gasteiger charge is 2.06. The molecule has 0 bridgehead atoms. The highest BCUT2D eigenvalue weighted by Crippen LogP contribution is 2.30. The first kappa shape index (κ1) is 14.9. The van der Waals surface area contributed by atoms with Gasteiger partial charge in [-0.25, -0.2) is 9.78 Å². The van der Waals surface area contributed by atoms with Crippen molar-refractivity contribution >= 4 is 39.1 Å². The standard InChI is InChI=1S/C17H12N2O3S/c20-15(9-10-16(21)22)18-12-7-5-11(6-8-12)17-19-13-3-1-2-4-14(13)23-17/h1-10H,(H,18,20)(H,21,22)/b10-9+. The van der Waals surface area contributed by atoms with Crippen molar-refractivity contribution in [1.29, 1.82) is 0 Å². The Morgan fingerprint density at radius 1 is 1.04 bits per heavy atom. The number of thiazole rings is 1. The van der Waals surface area contributed by atoms with Crippen LogP contribution in [0.3, 0.4) is 0 Å². The van der Waals surface area contributed by atoms with Gasteiger partial charge < -0.3 is 10.4 Å². The molecule has 0 unspecified atom stereocenters. The Morgan fingerprint density at radius 2 is 1.78 bits per heavy atom. The maximum atomic E-state index is 11.5. The molecule has 0 aliphatic rings. The van der Waals surface area contributed by atoms with E-state index < -0.39 is 11.9 Å². The molecule has 0 saturated carbocycles. The van der Waals surface area contributed by atoms with Gasteiger partial charge in [0.05, 0.1) is 10.2 Å². The van der Waals surface area contributed by atoms with E-state index in [2.05, 4.69) is 10.3 Å². The number of fused-ring (bicyclic) bond motifs is 1. The van der Waals surface area contributed by atoms with Crippen molar-refractivity contribution in [2.45, 2.75) is 0 Å². The number of carbonyl (C=O) groups is 2. The molecule has 1 heterocycles. The second-order valence-corrected chi connectivity index (χ2v) is 5.76. The molecule has 0 fully saturated rings. The topological polar surface area (TPSA) is 79.3 Å². The van der Waals surface area contributed by atoms with E-state index in [-0.39, 0.29) is 0 Å². The molecule has 5 nitrogen and oxygen atoms in total. The van der Waals surface area contributed by atoms with E-state index >= 15 is 0 Å². The zero-order valence-corrected chi connectivity index (χ0v) is 12.7. The number of aliphatic carboxylic acids is 1. The number of nitrogens with one attached hydrogen (secondary N) is 1. The minimum absolute atomic E-state index is 0.486. The third kappa shape index (κ3) is 3.61. The number of amides is 1. The lowest BCUT2D eigenvalue weighted by molar-refractivity contribution is -0.131. The van der Waals surface area contributed by atoms with Crippen LogP contribution in [0.25, 0.3) is 20.8 Å². The van der Waals surface area contributed by atoms with Gasteiger partial charge in [-0.05, 0) is 36.4 Å². The summed E-state index contributed by atoms with van der Waals surface area (Å²) in [5, 5.41) is 12.0. The van der Waals surface area contributed by atoms with Crippen LogP contribution in [-0.2, 0) is 9.59 Å². The first-order valence-corrected chi connectivity index (χ1v) is 7.61. The molecule has 6 heteroatoms. The molecule has 0 atom stereocenters. The monoisotopic (exact) mass is 324 g/mol. The van der Waals surface area contributed by atoms with Crippen LogP contribution in [0.4, 0.5) is 5.69 Å². The summed E-state index contributed by atoms with van der Waals surface area (Å²) in [5.74, 6) is -1.65. The maximum Gasteiger partial charge on any atom is 0.328 e. The first-order chi connectivity index (χ1) is 11.1. The van der Waals surface area contributed by atoms with Crippen LogP contribution in [0.1, 0.15) is 0 Å². The number of benzene rings is 2. The van der Waals surface area contributed by atoms with Gasteiger partial charge in [0.2, 0.25) is 5.91 Å². The van der Waals surface area contributed by atoms with Gasteiger partial charge in [0.1, 0.15) is 5.01 Å². The van der Waals surface area contributed by atoms with Crippen LogP contribution in [0, 0.1) is 0 Å². The van der Waals surface area contributed by atoms with Crippen LogP contribution in [-0.4, -0.2) is 22.0 Å². The predicted molar refractivity (Wildman–Crippen MR) is 90.5 cm³/mol. The second-order valence-electron chi connectivity index (χ2n) is 4.72. The fraction of sp³-hybridized carbons (Fsp3) is 0. The summed E-state index contributed by atoms with van der Waals surface area (Å²) in [6.07, 6.45) is 1.77. The van der Waals surface area contributed by atoms with Crippen molar-refractivity contribution in [3.63, 3.8) is 0 Å². The third-order valence-electron chi connectivity index (χ3n) is 3.07. The Bertz CT molecular complexity index is 865. The number of nitrogens with zero attached hydrogens (tertiary/aromatic N) is 1. The molecule has 0 aliphatic carbocycles. The molecule has 114 valence electrons. The number of hydrogen-bond acceptors (Lipinski definition) is 4. The number of aromatic nitrogens is 1. The number of rotatable bonds is 4. The number of hydrogen-bond donors (Lipinski definition) is 2. The maximum absolute atomic E-state index is 11.5. The second kappa shape index (κ2) is 6.41. The first-order valence-electron chi connectivity index (χ1n) is 6.80. The minimum Gasteiger partial charge on any atom is -0.478 e. The number of carbonyl (C=O) groups excluding carboxylic acids is 1. The molecule has 2 N–H and O–H groups in total. The van der Waals surface area contributed by atoms with Crippen molar-refractivity contribution < 1.29 is 14.7 Å². The minimum atomic E-state index is -1.16. The van der Waals surface area contributed by atoms with E-state index in [1.807, 2.05) is 36.4 Å². The number of carboxylic acids is 1. The van der Waals surface area contributed by atoms with Crippen LogP contribution in [0.5, 0.6) is 0 Å². The lowest BCUT2D eigenvalue weighted by atomic mass is 10.2. The molecule has 1 aromatic heterocycles.